The van der Waals surface area contributed by atoms with E-state index >= 15 is 0 Å². The van der Waals surface area contributed by atoms with Crippen molar-refractivity contribution >= 4 is 34.4 Å². The summed E-state index contributed by atoms with van der Waals surface area (Å²) in [6.45, 7) is 11.0. The van der Waals surface area contributed by atoms with E-state index in [-0.39, 0.29) is 18.3 Å². The van der Waals surface area contributed by atoms with E-state index in [1.54, 1.807) is 32.9 Å². The van der Waals surface area contributed by atoms with Crippen molar-refractivity contribution in [2.75, 3.05) is 11.9 Å². The van der Waals surface area contributed by atoms with Gasteiger partial charge in [-0.25, -0.2) is 4.79 Å². The van der Waals surface area contributed by atoms with Gasteiger partial charge in [0.2, 0.25) is 5.91 Å². The minimum Gasteiger partial charge on any atom is -0.508 e. The Morgan fingerprint density at radius 3 is 2.25 bits per heavy atom. The predicted molar refractivity (Wildman–Crippen MR) is 158 cm³/mol. The van der Waals surface area contributed by atoms with Crippen LogP contribution in [0.3, 0.4) is 0 Å². The Bertz CT molecular complexity index is 1330. The second kappa shape index (κ2) is 13.3. The first-order valence-electron chi connectivity index (χ1n) is 13.7. The van der Waals surface area contributed by atoms with Crippen molar-refractivity contribution in [3.05, 3.63) is 72.3 Å². The SMILES string of the molecule is CC(C)CCC(C)N(C(=O)CNC(=O)OC(C)(C)C)C(C(=O)Nc1ccc2ccccc2c1)c1cccc(O)c1. The number of nitrogens with zero attached hydrogens (tertiary/aromatic N) is 1. The van der Waals surface area contributed by atoms with E-state index in [1.807, 2.05) is 49.4 Å². The van der Waals surface area contributed by atoms with Crippen LogP contribution in [0.1, 0.15) is 66.0 Å². The number of aromatic hydroxyl groups is 1. The molecule has 8 nitrogen and oxygen atoms in total. The molecule has 0 aromatic heterocycles. The number of hydrogen-bond acceptors (Lipinski definition) is 5. The number of carbonyl (C=O) groups excluding carboxylic acids is 3. The summed E-state index contributed by atoms with van der Waals surface area (Å²) < 4.78 is 5.30. The van der Waals surface area contributed by atoms with Gasteiger partial charge in [0.25, 0.3) is 5.91 Å². The first-order valence-corrected chi connectivity index (χ1v) is 13.7. The highest BCUT2D eigenvalue weighted by molar-refractivity contribution is 6.00. The van der Waals surface area contributed by atoms with E-state index in [1.165, 1.54) is 17.0 Å². The Morgan fingerprint density at radius 1 is 0.900 bits per heavy atom. The molecule has 0 aliphatic carbocycles. The Labute approximate surface area is 236 Å². The number of alkyl carbamates (subject to hydrolysis) is 1. The Balaban J connectivity index is 1.97. The average Bonchev–Trinajstić information content (AvgIpc) is 2.87. The maximum Gasteiger partial charge on any atom is 0.408 e. The molecule has 0 radical (unpaired) electrons. The van der Waals surface area contributed by atoms with Crippen LogP contribution >= 0.6 is 0 Å². The van der Waals surface area contributed by atoms with Gasteiger partial charge in [0, 0.05) is 11.7 Å². The second-order valence-corrected chi connectivity index (χ2v) is 11.5. The minimum atomic E-state index is -1.06. The molecule has 3 aromatic rings. The number of carbonyl (C=O) groups is 3. The van der Waals surface area contributed by atoms with Gasteiger partial charge in [-0.2, -0.15) is 0 Å². The van der Waals surface area contributed by atoms with E-state index < -0.39 is 29.6 Å². The van der Waals surface area contributed by atoms with Gasteiger partial charge < -0.3 is 25.4 Å². The van der Waals surface area contributed by atoms with Crippen LogP contribution in [0.15, 0.2) is 66.7 Å². The fraction of sp³-hybridized carbons (Fsp3) is 0.406. The third-order valence-electron chi connectivity index (χ3n) is 6.44. The molecular weight excluding hydrogens is 506 g/mol. The van der Waals surface area contributed by atoms with Crippen LogP contribution in [0, 0.1) is 5.92 Å². The molecule has 3 rings (SSSR count). The molecule has 0 spiro atoms. The molecule has 2 unspecified atom stereocenters. The molecule has 40 heavy (non-hydrogen) atoms. The van der Waals surface area contributed by atoms with E-state index in [4.69, 9.17) is 4.74 Å². The quantitative estimate of drug-likeness (QED) is 0.272. The molecule has 0 saturated carbocycles. The van der Waals surface area contributed by atoms with Crippen LogP contribution < -0.4 is 10.6 Å². The van der Waals surface area contributed by atoms with Gasteiger partial charge in [-0.15, -0.1) is 0 Å². The smallest absolute Gasteiger partial charge is 0.408 e. The van der Waals surface area contributed by atoms with Crippen molar-refractivity contribution in [3.8, 4) is 5.75 Å². The van der Waals surface area contributed by atoms with E-state index in [0.717, 1.165) is 17.2 Å². The number of phenols is 1. The number of rotatable bonds is 10. The van der Waals surface area contributed by atoms with E-state index in [2.05, 4.69) is 24.5 Å². The summed E-state index contributed by atoms with van der Waals surface area (Å²) in [7, 11) is 0. The monoisotopic (exact) mass is 547 g/mol. The number of amides is 3. The predicted octanol–water partition coefficient (Wildman–Crippen LogP) is 6.40. The molecule has 3 N–H and O–H groups in total. The lowest BCUT2D eigenvalue weighted by Crippen LogP contribution is -2.50. The summed E-state index contributed by atoms with van der Waals surface area (Å²) in [6, 6.07) is 18.4. The molecule has 8 heteroatoms. The van der Waals surface area contributed by atoms with Gasteiger partial charge in [-0.1, -0.05) is 56.3 Å². The average molecular weight is 548 g/mol. The molecule has 214 valence electrons. The second-order valence-electron chi connectivity index (χ2n) is 11.5. The Kier molecular flexibility index (Phi) is 10.2. The third kappa shape index (κ3) is 8.73. The fourth-order valence-corrected chi connectivity index (χ4v) is 4.52. The summed E-state index contributed by atoms with van der Waals surface area (Å²) in [5.74, 6) is -0.493. The lowest BCUT2D eigenvalue weighted by molar-refractivity contribution is -0.141. The van der Waals surface area contributed by atoms with Gasteiger partial charge in [0.05, 0.1) is 0 Å². The van der Waals surface area contributed by atoms with Gasteiger partial charge >= 0.3 is 6.09 Å². The van der Waals surface area contributed by atoms with Gasteiger partial charge in [-0.05, 0) is 87.1 Å². The molecule has 3 amide bonds. The highest BCUT2D eigenvalue weighted by Crippen LogP contribution is 2.30. The first kappa shape index (κ1) is 30.5. The zero-order valence-corrected chi connectivity index (χ0v) is 24.2. The van der Waals surface area contributed by atoms with E-state index in [0.29, 0.717) is 23.6 Å². The van der Waals surface area contributed by atoms with Crippen molar-refractivity contribution in [3.63, 3.8) is 0 Å². The molecule has 0 aliphatic heterocycles. The third-order valence-corrected chi connectivity index (χ3v) is 6.44. The molecule has 0 fully saturated rings. The first-order chi connectivity index (χ1) is 18.8. The number of hydrogen-bond donors (Lipinski definition) is 3. The number of fused-ring (bicyclic) bond motifs is 1. The fourth-order valence-electron chi connectivity index (χ4n) is 4.52. The van der Waals surface area contributed by atoms with Gasteiger partial charge in [-0.3, -0.25) is 9.59 Å². The van der Waals surface area contributed by atoms with Crippen molar-refractivity contribution in [1.29, 1.82) is 0 Å². The zero-order chi connectivity index (χ0) is 29.4. The van der Waals surface area contributed by atoms with Crippen LogP contribution in [-0.4, -0.2) is 46.1 Å². The minimum absolute atomic E-state index is 0.0184. The van der Waals surface area contributed by atoms with Crippen LogP contribution in [0.4, 0.5) is 10.5 Å². The number of phenolic OH excluding ortho intramolecular Hbond substituents is 1. The maximum absolute atomic E-state index is 14.0. The number of benzene rings is 3. The molecule has 3 aromatic carbocycles. The number of nitrogens with one attached hydrogen (secondary N) is 2. The van der Waals surface area contributed by atoms with Gasteiger partial charge in [0.1, 0.15) is 23.9 Å². The molecule has 0 bridgehead atoms. The number of anilines is 1. The zero-order valence-electron chi connectivity index (χ0n) is 24.2. The lowest BCUT2D eigenvalue weighted by atomic mass is 9.98. The summed E-state index contributed by atoms with van der Waals surface area (Å²) >= 11 is 0. The number of ether oxygens (including phenoxy) is 1. The maximum atomic E-state index is 14.0. The molecule has 2 atom stereocenters. The molecule has 0 aliphatic rings. The van der Waals surface area contributed by atoms with E-state index in [9.17, 15) is 19.5 Å². The summed E-state index contributed by atoms with van der Waals surface area (Å²) in [6.07, 6.45) is 0.767. The molecule has 0 saturated heterocycles. The van der Waals surface area contributed by atoms with Crippen LogP contribution in [0.2, 0.25) is 0 Å². The van der Waals surface area contributed by atoms with Crippen LogP contribution in [-0.2, 0) is 14.3 Å². The molecular formula is C32H41N3O5. The molecule has 0 heterocycles. The Hall–Kier alpha value is -4.07. The van der Waals surface area contributed by atoms with Crippen molar-refractivity contribution in [1.82, 2.24) is 10.2 Å². The summed E-state index contributed by atoms with van der Waals surface area (Å²) in [5.41, 5.74) is 0.324. The standard InChI is InChI=1S/C32H41N3O5/c1-21(2)14-15-22(3)35(28(37)20-33-31(39)40-32(4,5)6)29(25-12-9-13-27(36)19-25)30(38)34-26-17-16-23-10-7-8-11-24(23)18-26/h7-13,16-19,21-22,29,36H,14-15,20H2,1-6H3,(H,33,39)(H,34,38). The van der Waals surface area contributed by atoms with Crippen LogP contribution in [0.5, 0.6) is 5.75 Å². The summed E-state index contributed by atoms with van der Waals surface area (Å²) in [5, 5.41) is 17.8. The van der Waals surface area contributed by atoms with Crippen molar-refractivity contribution < 1.29 is 24.2 Å². The van der Waals surface area contributed by atoms with Crippen molar-refractivity contribution in [2.45, 2.75) is 72.1 Å². The van der Waals surface area contributed by atoms with Crippen molar-refractivity contribution in [2.24, 2.45) is 5.92 Å². The Morgan fingerprint density at radius 2 is 1.60 bits per heavy atom. The largest absolute Gasteiger partial charge is 0.508 e. The normalized spacial score (nSPS) is 13.0. The highest BCUT2D eigenvalue weighted by Gasteiger charge is 2.35. The highest BCUT2D eigenvalue weighted by atomic mass is 16.6. The topological polar surface area (TPSA) is 108 Å². The summed E-state index contributed by atoms with van der Waals surface area (Å²) in [4.78, 5) is 41.5. The van der Waals surface area contributed by atoms with Crippen LogP contribution in [0.25, 0.3) is 10.8 Å². The van der Waals surface area contributed by atoms with Gasteiger partial charge in [0.15, 0.2) is 0 Å². The lowest BCUT2D eigenvalue weighted by Gasteiger charge is -2.36.